The van der Waals surface area contributed by atoms with Crippen LogP contribution in [0.15, 0.2) is 18.2 Å². The van der Waals surface area contributed by atoms with E-state index in [1.807, 2.05) is 0 Å². The number of carbonyl (C=O) groups excluding carboxylic acids is 1. The number of hydrogen-bond acceptors (Lipinski definition) is 5. The van der Waals surface area contributed by atoms with Gasteiger partial charge in [0.15, 0.2) is 0 Å². The number of halogens is 1. The minimum atomic E-state index is -0.598. The summed E-state index contributed by atoms with van der Waals surface area (Å²) in [5, 5.41) is 10.5. The molecule has 6 nitrogen and oxygen atoms in total. The van der Waals surface area contributed by atoms with Crippen molar-refractivity contribution < 1.29 is 19.2 Å². The summed E-state index contributed by atoms with van der Waals surface area (Å²) in [6, 6.07) is 3.81. The Labute approximate surface area is 108 Å². The second-order valence-corrected chi connectivity index (χ2v) is 4.26. The zero-order valence-electron chi connectivity index (χ0n) is 9.30. The molecule has 0 bridgehead atoms. The molecule has 1 aromatic carbocycles. The van der Waals surface area contributed by atoms with Crippen LogP contribution < -0.4 is 4.74 Å². The fourth-order valence-corrected chi connectivity index (χ4v) is 1.86. The third-order valence-corrected chi connectivity index (χ3v) is 2.90. The van der Waals surface area contributed by atoms with Gasteiger partial charge in [0.1, 0.15) is 10.8 Å². The van der Waals surface area contributed by atoms with Gasteiger partial charge in [-0.05, 0) is 12.5 Å². The van der Waals surface area contributed by atoms with E-state index in [0.717, 1.165) is 0 Å². The van der Waals surface area contributed by atoms with Crippen LogP contribution in [0.4, 0.5) is 5.69 Å². The van der Waals surface area contributed by atoms with Gasteiger partial charge < -0.3 is 9.47 Å². The number of benzene rings is 1. The Morgan fingerprint density at radius 1 is 1.56 bits per heavy atom. The maximum absolute atomic E-state index is 11.7. The number of nitro groups is 1. The van der Waals surface area contributed by atoms with Gasteiger partial charge in [-0.25, -0.2) is 0 Å². The van der Waals surface area contributed by atoms with E-state index in [-0.39, 0.29) is 22.4 Å². The number of nitro benzene ring substituents is 1. The summed E-state index contributed by atoms with van der Waals surface area (Å²) < 4.78 is 10.2. The lowest BCUT2D eigenvalue weighted by Crippen LogP contribution is -2.20. The third kappa shape index (κ3) is 2.77. The highest BCUT2D eigenvalue weighted by Crippen LogP contribution is 2.29. The Kier molecular flexibility index (Phi) is 3.78. The molecule has 0 N–H and O–H groups in total. The van der Waals surface area contributed by atoms with Crippen LogP contribution >= 0.6 is 11.6 Å². The fraction of sp³-hybridized carbons (Fsp3) is 0.364. The molecule has 18 heavy (non-hydrogen) atoms. The van der Waals surface area contributed by atoms with Gasteiger partial charge in [-0.3, -0.25) is 14.9 Å². The first kappa shape index (κ1) is 12.8. The van der Waals surface area contributed by atoms with Crippen LogP contribution in [0.25, 0.3) is 0 Å². The van der Waals surface area contributed by atoms with E-state index in [0.29, 0.717) is 19.6 Å². The fourth-order valence-electron chi connectivity index (χ4n) is 1.62. The highest BCUT2D eigenvalue weighted by Gasteiger charge is 2.25. The van der Waals surface area contributed by atoms with Gasteiger partial charge in [-0.2, -0.15) is 0 Å². The lowest BCUT2D eigenvalue weighted by Gasteiger charge is -2.08. The van der Waals surface area contributed by atoms with E-state index in [1.54, 1.807) is 0 Å². The van der Waals surface area contributed by atoms with Gasteiger partial charge in [0.2, 0.25) is 0 Å². The van der Waals surface area contributed by atoms with Crippen molar-refractivity contribution in [2.24, 2.45) is 5.92 Å². The summed E-state index contributed by atoms with van der Waals surface area (Å²) in [6.07, 6.45) is 0.625. The summed E-state index contributed by atoms with van der Waals surface area (Å²) in [5.74, 6) is -0.487. The van der Waals surface area contributed by atoms with Gasteiger partial charge >= 0.3 is 5.97 Å². The number of nitrogens with zero attached hydrogens (tertiary/aromatic N) is 1. The largest absolute Gasteiger partial charge is 0.426 e. The standard InChI is InChI=1S/C11H10ClNO5/c12-9-5-8(1-2-10(9)13(15)16)18-11(14)7-3-4-17-6-7/h1-2,5,7H,3-4,6H2. The van der Waals surface area contributed by atoms with Crippen molar-refractivity contribution in [3.63, 3.8) is 0 Å². The van der Waals surface area contributed by atoms with E-state index >= 15 is 0 Å². The Balaban J connectivity index is 2.07. The quantitative estimate of drug-likeness (QED) is 0.364. The average Bonchev–Trinajstić information content (AvgIpc) is 2.81. The molecule has 1 aromatic rings. The van der Waals surface area contributed by atoms with E-state index < -0.39 is 10.9 Å². The Hall–Kier alpha value is -1.66. The van der Waals surface area contributed by atoms with E-state index in [9.17, 15) is 14.9 Å². The number of carbonyl (C=O) groups is 1. The van der Waals surface area contributed by atoms with Crippen LogP contribution in [0.3, 0.4) is 0 Å². The molecule has 0 amide bonds. The minimum Gasteiger partial charge on any atom is -0.426 e. The summed E-state index contributed by atoms with van der Waals surface area (Å²) in [7, 11) is 0. The monoisotopic (exact) mass is 271 g/mol. The van der Waals surface area contributed by atoms with Crippen molar-refractivity contribution in [3.8, 4) is 5.75 Å². The molecule has 1 saturated heterocycles. The van der Waals surface area contributed by atoms with Crippen molar-refractivity contribution in [2.75, 3.05) is 13.2 Å². The highest BCUT2D eigenvalue weighted by atomic mass is 35.5. The molecule has 1 atom stereocenters. The molecule has 1 aliphatic rings. The predicted molar refractivity (Wildman–Crippen MR) is 62.7 cm³/mol. The second kappa shape index (κ2) is 5.32. The van der Waals surface area contributed by atoms with Crippen molar-refractivity contribution >= 4 is 23.3 Å². The maximum Gasteiger partial charge on any atom is 0.316 e. The Morgan fingerprint density at radius 2 is 2.33 bits per heavy atom. The molecular weight excluding hydrogens is 262 g/mol. The smallest absolute Gasteiger partial charge is 0.316 e. The normalized spacial score (nSPS) is 18.6. The zero-order valence-corrected chi connectivity index (χ0v) is 10.1. The molecule has 0 radical (unpaired) electrons. The molecule has 0 aliphatic carbocycles. The number of hydrogen-bond donors (Lipinski definition) is 0. The molecule has 1 unspecified atom stereocenters. The van der Waals surface area contributed by atoms with Crippen LogP contribution in [0.5, 0.6) is 5.75 Å². The molecule has 1 heterocycles. The highest BCUT2D eigenvalue weighted by molar-refractivity contribution is 6.32. The molecule has 0 aromatic heterocycles. The lowest BCUT2D eigenvalue weighted by atomic mass is 10.1. The van der Waals surface area contributed by atoms with Crippen molar-refractivity contribution in [3.05, 3.63) is 33.3 Å². The molecule has 0 spiro atoms. The first-order chi connectivity index (χ1) is 8.58. The first-order valence-corrected chi connectivity index (χ1v) is 5.69. The predicted octanol–water partition coefficient (Wildman–Crippen LogP) is 2.19. The van der Waals surface area contributed by atoms with Crippen molar-refractivity contribution in [1.29, 1.82) is 0 Å². The van der Waals surface area contributed by atoms with Crippen LogP contribution in [0.2, 0.25) is 5.02 Å². The summed E-state index contributed by atoms with van der Waals surface area (Å²) in [4.78, 5) is 21.6. The van der Waals surface area contributed by atoms with Crippen molar-refractivity contribution in [1.82, 2.24) is 0 Å². The van der Waals surface area contributed by atoms with Crippen LogP contribution in [0, 0.1) is 16.0 Å². The third-order valence-electron chi connectivity index (χ3n) is 2.60. The molecule has 1 aliphatic heterocycles. The number of ether oxygens (including phenoxy) is 2. The summed E-state index contributed by atoms with van der Waals surface area (Å²) in [5.41, 5.74) is -0.222. The molecular formula is C11H10ClNO5. The van der Waals surface area contributed by atoms with Gasteiger partial charge in [-0.15, -0.1) is 0 Å². The number of rotatable bonds is 3. The molecule has 96 valence electrons. The molecule has 1 fully saturated rings. The molecule has 0 saturated carbocycles. The molecule has 2 rings (SSSR count). The SMILES string of the molecule is O=C(Oc1ccc([N+](=O)[O-])c(Cl)c1)C1CCOC1. The number of esters is 1. The minimum absolute atomic E-state index is 0.0621. The van der Waals surface area contributed by atoms with Gasteiger partial charge in [0, 0.05) is 18.7 Å². The average molecular weight is 272 g/mol. The van der Waals surface area contributed by atoms with E-state index in [4.69, 9.17) is 21.1 Å². The van der Waals surface area contributed by atoms with E-state index in [1.165, 1.54) is 18.2 Å². The van der Waals surface area contributed by atoms with Crippen LogP contribution in [-0.4, -0.2) is 24.1 Å². The molecule has 7 heteroatoms. The van der Waals surface area contributed by atoms with Gasteiger partial charge in [0.05, 0.1) is 17.4 Å². The van der Waals surface area contributed by atoms with Crippen LogP contribution in [-0.2, 0) is 9.53 Å². The Morgan fingerprint density at radius 3 is 2.89 bits per heavy atom. The second-order valence-electron chi connectivity index (χ2n) is 3.85. The van der Waals surface area contributed by atoms with E-state index in [2.05, 4.69) is 0 Å². The lowest BCUT2D eigenvalue weighted by molar-refractivity contribution is -0.384. The summed E-state index contributed by atoms with van der Waals surface area (Å²) in [6.45, 7) is 0.889. The first-order valence-electron chi connectivity index (χ1n) is 5.31. The van der Waals surface area contributed by atoms with Gasteiger partial charge in [0.25, 0.3) is 5.69 Å². The summed E-state index contributed by atoms with van der Waals surface area (Å²) >= 11 is 5.71. The van der Waals surface area contributed by atoms with Gasteiger partial charge in [-0.1, -0.05) is 11.6 Å². The zero-order chi connectivity index (χ0) is 13.1. The maximum atomic E-state index is 11.7. The Bertz CT molecular complexity index is 484. The topological polar surface area (TPSA) is 78.7 Å². The van der Waals surface area contributed by atoms with Crippen LogP contribution in [0.1, 0.15) is 6.42 Å². The van der Waals surface area contributed by atoms with Crippen molar-refractivity contribution in [2.45, 2.75) is 6.42 Å².